The third kappa shape index (κ3) is 3.85. The van der Waals surface area contributed by atoms with Gasteiger partial charge in [0, 0.05) is 11.6 Å². The fraction of sp³-hybridized carbons (Fsp3) is 0.300. The molecule has 1 unspecified atom stereocenters. The van der Waals surface area contributed by atoms with Crippen molar-refractivity contribution in [2.24, 2.45) is 5.73 Å². The van der Waals surface area contributed by atoms with Gasteiger partial charge in [0.2, 0.25) is 5.91 Å². The summed E-state index contributed by atoms with van der Waals surface area (Å²) in [5.41, 5.74) is 5.73. The number of halogens is 2. The van der Waals surface area contributed by atoms with Crippen LogP contribution in [-0.2, 0) is 11.3 Å². The van der Waals surface area contributed by atoms with Gasteiger partial charge < -0.3 is 11.1 Å². The summed E-state index contributed by atoms with van der Waals surface area (Å²) in [6.45, 7) is 1.99. The number of benzene rings is 1. The molecular weight excluding hydrogens is 219 g/mol. The van der Waals surface area contributed by atoms with E-state index in [1.165, 1.54) is 12.1 Å². The van der Waals surface area contributed by atoms with E-state index >= 15 is 0 Å². The highest BCUT2D eigenvalue weighted by atomic mass is 35.5. The first-order valence-corrected chi connectivity index (χ1v) is 4.84. The molecule has 0 spiro atoms. The molecule has 15 heavy (non-hydrogen) atoms. The maximum atomic E-state index is 12.9. The van der Waals surface area contributed by atoms with Gasteiger partial charge in [-0.3, -0.25) is 4.79 Å². The lowest BCUT2D eigenvalue weighted by atomic mass is 10.2. The molecule has 1 atom stereocenters. The molecular formula is C10H12ClFN2O. The lowest BCUT2D eigenvalue weighted by molar-refractivity contribution is -0.119. The van der Waals surface area contributed by atoms with Gasteiger partial charge in [0.05, 0.1) is 6.04 Å². The molecule has 0 radical (unpaired) electrons. The van der Waals surface area contributed by atoms with Gasteiger partial charge in [0.25, 0.3) is 0 Å². The molecule has 0 fully saturated rings. The van der Waals surface area contributed by atoms with Crippen LogP contribution in [-0.4, -0.2) is 11.9 Å². The number of amides is 1. The van der Waals surface area contributed by atoms with E-state index in [1.807, 2.05) is 0 Å². The highest BCUT2D eigenvalue weighted by molar-refractivity contribution is 6.30. The Kier molecular flexibility index (Phi) is 4.05. The minimum absolute atomic E-state index is 0.332. The molecule has 5 heteroatoms. The van der Waals surface area contributed by atoms with Gasteiger partial charge in [-0.1, -0.05) is 11.6 Å². The van der Waals surface area contributed by atoms with E-state index in [0.717, 1.165) is 0 Å². The molecule has 0 saturated carbocycles. The quantitative estimate of drug-likeness (QED) is 0.823. The Morgan fingerprint density at radius 1 is 1.60 bits per heavy atom. The molecule has 1 rings (SSSR count). The van der Waals surface area contributed by atoms with Crippen LogP contribution in [0.4, 0.5) is 4.39 Å². The molecule has 0 bridgehead atoms. The summed E-state index contributed by atoms with van der Waals surface area (Å²) in [6, 6.07) is 3.76. The van der Waals surface area contributed by atoms with Crippen molar-refractivity contribution in [2.45, 2.75) is 19.5 Å². The standard InChI is InChI=1S/C10H12ClFN2O/c1-6(10(13)15)14-5-7-2-8(11)4-9(12)3-7/h2-4,6,14H,5H2,1H3,(H2,13,15). The summed E-state index contributed by atoms with van der Waals surface area (Å²) < 4.78 is 12.9. The van der Waals surface area contributed by atoms with E-state index in [0.29, 0.717) is 17.1 Å². The maximum absolute atomic E-state index is 12.9. The highest BCUT2D eigenvalue weighted by Crippen LogP contribution is 2.13. The van der Waals surface area contributed by atoms with E-state index < -0.39 is 17.8 Å². The third-order valence-electron chi connectivity index (χ3n) is 1.96. The molecule has 3 nitrogen and oxygen atoms in total. The number of carbonyl (C=O) groups is 1. The van der Waals surface area contributed by atoms with Crippen molar-refractivity contribution in [1.29, 1.82) is 0 Å². The summed E-state index contributed by atoms with van der Waals surface area (Å²) in [4.78, 5) is 10.7. The van der Waals surface area contributed by atoms with Crippen LogP contribution in [0.5, 0.6) is 0 Å². The van der Waals surface area contributed by atoms with Crippen molar-refractivity contribution in [2.75, 3.05) is 0 Å². The maximum Gasteiger partial charge on any atom is 0.234 e. The smallest absolute Gasteiger partial charge is 0.234 e. The number of carbonyl (C=O) groups excluding carboxylic acids is 1. The van der Waals surface area contributed by atoms with Crippen LogP contribution in [0.2, 0.25) is 5.02 Å². The van der Waals surface area contributed by atoms with Crippen molar-refractivity contribution in [3.63, 3.8) is 0 Å². The molecule has 1 aromatic carbocycles. The summed E-state index contributed by atoms with van der Waals surface area (Å²) in [5, 5.41) is 3.18. The Labute approximate surface area is 92.4 Å². The van der Waals surface area contributed by atoms with Crippen LogP contribution in [0.15, 0.2) is 18.2 Å². The largest absolute Gasteiger partial charge is 0.368 e. The fourth-order valence-corrected chi connectivity index (χ4v) is 1.33. The van der Waals surface area contributed by atoms with Gasteiger partial charge >= 0.3 is 0 Å². The lowest BCUT2D eigenvalue weighted by Gasteiger charge is -2.10. The van der Waals surface area contributed by atoms with Crippen LogP contribution in [0.1, 0.15) is 12.5 Å². The lowest BCUT2D eigenvalue weighted by Crippen LogP contribution is -2.38. The topological polar surface area (TPSA) is 55.1 Å². The highest BCUT2D eigenvalue weighted by Gasteiger charge is 2.07. The normalized spacial score (nSPS) is 12.5. The molecule has 0 saturated heterocycles. The van der Waals surface area contributed by atoms with Crippen molar-refractivity contribution < 1.29 is 9.18 Å². The van der Waals surface area contributed by atoms with E-state index in [-0.39, 0.29) is 0 Å². The molecule has 0 aliphatic carbocycles. The summed E-state index contributed by atoms with van der Waals surface area (Å²) in [6.07, 6.45) is 0. The van der Waals surface area contributed by atoms with Gasteiger partial charge in [-0.2, -0.15) is 0 Å². The molecule has 0 heterocycles. The zero-order valence-electron chi connectivity index (χ0n) is 8.26. The number of hydrogen-bond donors (Lipinski definition) is 2. The van der Waals surface area contributed by atoms with Crippen LogP contribution < -0.4 is 11.1 Å². The summed E-state index contributed by atoms with van der Waals surface area (Å²) >= 11 is 5.67. The van der Waals surface area contributed by atoms with E-state index in [9.17, 15) is 9.18 Å². The second-order valence-corrected chi connectivity index (χ2v) is 3.72. The van der Waals surface area contributed by atoms with Crippen molar-refractivity contribution in [1.82, 2.24) is 5.32 Å². The SMILES string of the molecule is CC(NCc1cc(F)cc(Cl)c1)C(N)=O. The van der Waals surface area contributed by atoms with Gasteiger partial charge in [-0.25, -0.2) is 4.39 Å². The van der Waals surface area contributed by atoms with Crippen LogP contribution in [0, 0.1) is 5.82 Å². The number of rotatable bonds is 4. The number of nitrogens with two attached hydrogens (primary N) is 1. The van der Waals surface area contributed by atoms with Gasteiger partial charge in [0.1, 0.15) is 5.82 Å². The molecule has 0 aliphatic rings. The summed E-state index contributed by atoms with van der Waals surface area (Å²) in [5.74, 6) is -0.844. The Balaban J connectivity index is 2.61. The molecule has 82 valence electrons. The number of hydrogen-bond acceptors (Lipinski definition) is 2. The Bertz CT molecular complexity index is 350. The third-order valence-corrected chi connectivity index (χ3v) is 2.18. The Morgan fingerprint density at radius 3 is 2.80 bits per heavy atom. The first-order chi connectivity index (χ1) is 6.99. The van der Waals surface area contributed by atoms with Crippen molar-refractivity contribution in [3.8, 4) is 0 Å². The first-order valence-electron chi connectivity index (χ1n) is 4.46. The van der Waals surface area contributed by atoms with Crippen LogP contribution in [0.3, 0.4) is 0 Å². The zero-order valence-corrected chi connectivity index (χ0v) is 9.01. The fourth-order valence-electron chi connectivity index (χ4n) is 1.08. The van der Waals surface area contributed by atoms with E-state index in [4.69, 9.17) is 17.3 Å². The van der Waals surface area contributed by atoms with Gasteiger partial charge in [-0.05, 0) is 30.7 Å². The monoisotopic (exact) mass is 230 g/mol. The average Bonchev–Trinajstić information content (AvgIpc) is 2.12. The number of primary amides is 1. The Hall–Kier alpha value is -1.13. The zero-order chi connectivity index (χ0) is 11.4. The van der Waals surface area contributed by atoms with E-state index in [2.05, 4.69) is 5.32 Å². The van der Waals surface area contributed by atoms with Crippen molar-refractivity contribution in [3.05, 3.63) is 34.6 Å². The molecule has 1 aromatic rings. The van der Waals surface area contributed by atoms with Gasteiger partial charge in [0.15, 0.2) is 0 Å². The molecule has 1 amide bonds. The summed E-state index contributed by atoms with van der Waals surface area (Å²) in [7, 11) is 0. The predicted molar refractivity (Wildman–Crippen MR) is 56.9 cm³/mol. The molecule has 3 N–H and O–H groups in total. The predicted octanol–water partition coefficient (Wildman–Crippen LogP) is 1.44. The van der Waals surface area contributed by atoms with Crippen LogP contribution >= 0.6 is 11.6 Å². The second kappa shape index (κ2) is 5.09. The average molecular weight is 231 g/mol. The Morgan fingerprint density at radius 2 is 2.27 bits per heavy atom. The first kappa shape index (κ1) is 11.9. The van der Waals surface area contributed by atoms with Crippen molar-refractivity contribution >= 4 is 17.5 Å². The van der Waals surface area contributed by atoms with E-state index in [1.54, 1.807) is 13.0 Å². The van der Waals surface area contributed by atoms with Crippen LogP contribution in [0.25, 0.3) is 0 Å². The second-order valence-electron chi connectivity index (χ2n) is 3.28. The molecule has 0 aliphatic heterocycles. The minimum Gasteiger partial charge on any atom is -0.368 e. The molecule has 0 aromatic heterocycles. The van der Waals surface area contributed by atoms with Gasteiger partial charge in [-0.15, -0.1) is 0 Å². The minimum atomic E-state index is -0.452. The number of nitrogens with one attached hydrogen (secondary N) is 1.